The molecular weight excluding hydrogens is 248 g/mol. The maximum absolute atomic E-state index is 12.0. The third kappa shape index (κ3) is 1.57. The van der Waals surface area contributed by atoms with Crippen LogP contribution in [0.15, 0.2) is 24.3 Å². The maximum Gasteiger partial charge on any atom is 0.157 e. The van der Waals surface area contributed by atoms with E-state index in [0.717, 1.165) is 12.1 Å². The van der Waals surface area contributed by atoms with Crippen molar-refractivity contribution in [2.75, 3.05) is 17.2 Å². The molecule has 0 aliphatic carbocycles. The van der Waals surface area contributed by atoms with E-state index in [9.17, 15) is 8.42 Å². The third-order valence-corrected chi connectivity index (χ3v) is 6.48. The molecule has 2 heterocycles. The molecule has 4 nitrogen and oxygen atoms in total. The van der Waals surface area contributed by atoms with Crippen molar-refractivity contribution in [2.45, 2.75) is 30.7 Å². The van der Waals surface area contributed by atoms with Crippen molar-refractivity contribution < 1.29 is 8.42 Å². The van der Waals surface area contributed by atoms with Crippen molar-refractivity contribution in [1.29, 1.82) is 0 Å². The molecule has 0 radical (unpaired) electrons. The first-order valence-corrected chi connectivity index (χ1v) is 8.02. The molecule has 18 heavy (non-hydrogen) atoms. The zero-order chi connectivity index (χ0) is 12.9. The van der Waals surface area contributed by atoms with Gasteiger partial charge in [0.25, 0.3) is 0 Å². The Kier molecular flexibility index (Phi) is 2.64. The van der Waals surface area contributed by atoms with Gasteiger partial charge in [0.05, 0.1) is 17.0 Å². The molecule has 0 saturated carbocycles. The van der Waals surface area contributed by atoms with E-state index >= 15 is 0 Å². The second-order valence-electron chi connectivity index (χ2n) is 5.25. The molecule has 3 atom stereocenters. The second-order valence-corrected chi connectivity index (χ2v) is 7.52. The lowest BCUT2D eigenvalue weighted by Gasteiger charge is -2.37. The Bertz CT molecular complexity index is 570. The van der Waals surface area contributed by atoms with Crippen molar-refractivity contribution in [2.24, 2.45) is 5.73 Å². The predicted molar refractivity (Wildman–Crippen MR) is 72.5 cm³/mol. The molecule has 98 valence electrons. The number of rotatable bonds is 2. The summed E-state index contributed by atoms with van der Waals surface area (Å²) in [7, 11) is -2.92. The van der Waals surface area contributed by atoms with E-state index in [1.807, 2.05) is 12.1 Å². The lowest BCUT2D eigenvalue weighted by atomic mass is 10.1. The van der Waals surface area contributed by atoms with Gasteiger partial charge in [-0.2, -0.15) is 0 Å². The van der Waals surface area contributed by atoms with Crippen molar-refractivity contribution in [1.82, 2.24) is 0 Å². The lowest BCUT2D eigenvalue weighted by molar-refractivity contribution is 0.556. The Morgan fingerprint density at radius 3 is 2.78 bits per heavy atom. The highest BCUT2D eigenvalue weighted by molar-refractivity contribution is 7.92. The fraction of sp³-hybridized carbons (Fsp3) is 0.538. The molecule has 2 saturated heterocycles. The summed E-state index contributed by atoms with van der Waals surface area (Å²) in [6, 6.07) is 8.16. The molecule has 0 spiro atoms. The van der Waals surface area contributed by atoms with Gasteiger partial charge in [-0.1, -0.05) is 18.2 Å². The Balaban J connectivity index is 2.03. The molecule has 2 fully saturated rings. The third-order valence-electron chi connectivity index (χ3n) is 4.21. The largest absolute Gasteiger partial charge is 0.362 e. The normalized spacial score (nSPS) is 33.0. The first kappa shape index (κ1) is 12.0. The van der Waals surface area contributed by atoms with Crippen LogP contribution in [0.5, 0.6) is 0 Å². The van der Waals surface area contributed by atoms with Gasteiger partial charge in [-0.05, 0) is 25.0 Å². The maximum atomic E-state index is 12.0. The minimum atomic E-state index is -2.92. The molecule has 2 aliphatic heterocycles. The topological polar surface area (TPSA) is 63.4 Å². The van der Waals surface area contributed by atoms with Gasteiger partial charge in [-0.25, -0.2) is 8.42 Å². The van der Waals surface area contributed by atoms with E-state index in [1.165, 1.54) is 5.56 Å². The monoisotopic (exact) mass is 266 g/mol. The number of hydrogen-bond acceptors (Lipinski definition) is 4. The van der Waals surface area contributed by atoms with Gasteiger partial charge in [-0.15, -0.1) is 0 Å². The van der Waals surface area contributed by atoms with Crippen LogP contribution in [0, 0.1) is 6.92 Å². The average Bonchev–Trinajstić information content (AvgIpc) is 2.82. The molecule has 2 bridgehead atoms. The van der Waals surface area contributed by atoms with Crippen molar-refractivity contribution >= 4 is 15.5 Å². The summed E-state index contributed by atoms with van der Waals surface area (Å²) >= 11 is 0. The molecule has 3 unspecified atom stereocenters. The quantitative estimate of drug-likeness (QED) is 0.856. The van der Waals surface area contributed by atoms with Crippen LogP contribution in [0.4, 0.5) is 5.69 Å². The Labute approximate surface area is 108 Å². The van der Waals surface area contributed by atoms with Crippen LogP contribution in [0.2, 0.25) is 0 Å². The van der Waals surface area contributed by atoms with Gasteiger partial charge in [-0.3, -0.25) is 0 Å². The van der Waals surface area contributed by atoms with E-state index in [0.29, 0.717) is 6.54 Å². The molecule has 0 amide bonds. The lowest BCUT2D eigenvalue weighted by Crippen LogP contribution is -2.52. The fourth-order valence-corrected chi connectivity index (χ4v) is 5.73. The highest BCUT2D eigenvalue weighted by Gasteiger charge is 2.54. The standard InChI is InChI=1S/C13H18N2O2S/c1-9-4-2-3-5-11(9)15-10-6-13(12(15)7-14)18(16,17)8-10/h2-5,10,12-13H,6-8,14H2,1H3. The van der Waals surface area contributed by atoms with Crippen LogP contribution < -0.4 is 10.6 Å². The molecule has 2 aliphatic rings. The highest BCUT2D eigenvalue weighted by atomic mass is 32.2. The van der Waals surface area contributed by atoms with Gasteiger partial charge in [0.15, 0.2) is 9.84 Å². The molecule has 3 rings (SSSR count). The summed E-state index contributed by atoms with van der Waals surface area (Å²) in [5.41, 5.74) is 8.13. The predicted octanol–water partition coefficient (Wildman–Crippen LogP) is 0.698. The Morgan fingerprint density at radius 2 is 2.11 bits per heavy atom. The molecule has 1 aromatic rings. The van der Waals surface area contributed by atoms with Crippen LogP contribution in [0.3, 0.4) is 0 Å². The number of hydrogen-bond donors (Lipinski definition) is 1. The van der Waals surface area contributed by atoms with Crippen LogP contribution in [0.1, 0.15) is 12.0 Å². The smallest absolute Gasteiger partial charge is 0.157 e. The van der Waals surface area contributed by atoms with Crippen molar-refractivity contribution in [3.63, 3.8) is 0 Å². The van der Waals surface area contributed by atoms with Gasteiger partial charge in [0.1, 0.15) is 0 Å². The van der Waals surface area contributed by atoms with E-state index in [-0.39, 0.29) is 23.1 Å². The zero-order valence-corrected chi connectivity index (χ0v) is 11.2. The molecule has 2 N–H and O–H groups in total. The molecule has 1 aromatic carbocycles. The van der Waals surface area contributed by atoms with Crippen molar-refractivity contribution in [3.8, 4) is 0 Å². The molecule has 0 aromatic heterocycles. The van der Waals surface area contributed by atoms with Crippen LogP contribution in [0.25, 0.3) is 0 Å². The average molecular weight is 266 g/mol. The van der Waals surface area contributed by atoms with Crippen LogP contribution in [-0.2, 0) is 9.84 Å². The SMILES string of the molecule is Cc1ccccc1N1C2CC(C1CN)S(=O)(=O)C2. The number of nitrogens with two attached hydrogens (primary N) is 1. The van der Waals surface area contributed by atoms with Gasteiger partial charge in [0, 0.05) is 18.3 Å². The molecule has 5 heteroatoms. The fourth-order valence-electron chi connectivity index (χ4n) is 3.41. The minimum absolute atomic E-state index is 0.0603. The summed E-state index contributed by atoms with van der Waals surface area (Å²) in [6.07, 6.45) is 0.735. The summed E-state index contributed by atoms with van der Waals surface area (Å²) in [4.78, 5) is 2.24. The highest BCUT2D eigenvalue weighted by Crippen LogP contribution is 2.41. The Morgan fingerprint density at radius 1 is 1.39 bits per heavy atom. The summed E-state index contributed by atoms with van der Waals surface area (Å²) in [6.45, 7) is 2.46. The van der Waals surface area contributed by atoms with Crippen LogP contribution in [-0.4, -0.2) is 38.0 Å². The van der Waals surface area contributed by atoms with E-state index in [2.05, 4.69) is 24.0 Å². The number of anilines is 1. The number of fused-ring (bicyclic) bond motifs is 2. The second kappa shape index (κ2) is 3.96. The van der Waals surface area contributed by atoms with Crippen LogP contribution >= 0.6 is 0 Å². The number of para-hydroxylation sites is 1. The summed E-state index contributed by atoms with van der Waals surface area (Å²) in [5, 5.41) is -0.271. The number of aryl methyl sites for hydroxylation is 1. The van der Waals surface area contributed by atoms with Gasteiger partial charge >= 0.3 is 0 Å². The molecular formula is C13H18N2O2S. The summed E-state index contributed by atoms with van der Waals surface area (Å²) < 4.78 is 23.9. The van der Waals surface area contributed by atoms with Gasteiger partial charge < -0.3 is 10.6 Å². The first-order chi connectivity index (χ1) is 8.54. The van der Waals surface area contributed by atoms with E-state index < -0.39 is 9.84 Å². The summed E-state index contributed by atoms with van der Waals surface area (Å²) in [5.74, 6) is 0.280. The van der Waals surface area contributed by atoms with E-state index in [1.54, 1.807) is 0 Å². The number of sulfone groups is 1. The number of nitrogens with zero attached hydrogens (tertiary/aromatic N) is 1. The minimum Gasteiger partial charge on any atom is -0.362 e. The van der Waals surface area contributed by atoms with E-state index in [4.69, 9.17) is 5.73 Å². The zero-order valence-electron chi connectivity index (χ0n) is 10.4. The number of benzene rings is 1. The Hall–Kier alpha value is -1.07. The van der Waals surface area contributed by atoms with Gasteiger partial charge in [0.2, 0.25) is 0 Å². The first-order valence-electron chi connectivity index (χ1n) is 6.30. The van der Waals surface area contributed by atoms with Crippen molar-refractivity contribution in [3.05, 3.63) is 29.8 Å².